The SMILES string of the molecule is CN1CCN(CCCNc2nc3ccncc3c3cc(C(=O)O)nn23)CC1. The molecule has 142 valence electrons. The standard InChI is InChI=1S/C18H23N7O2/c1-23-7-9-24(10-8-23)6-2-4-20-18-21-14-3-5-19-12-13(14)16-11-15(17(26)27)22-25(16)18/h3,5,11-12H,2,4,6-10H2,1H3,(H,20,21)(H,26,27). The van der Waals surface area contributed by atoms with Crippen LogP contribution >= 0.6 is 0 Å². The van der Waals surface area contributed by atoms with Gasteiger partial charge in [-0.25, -0.2) is 9.78 Å². The first-order chi connectivity index (χ1) is 13.1. The minimum atomic E-state index is -1.06. The smallest absolute Gasteiger partial charge is 0.356 e. The van der Waals surface area contributed by atoms with Crippen LogP contribution in [0.2, 0.25) is 0 Å². The molecule has 0 saturated carbocycles. The topological polar surface area (TPSA) is 98.9 Å². The number of rotatable bonds is 6. The Hall–Kier alpha value is -2.78. The van der Waals surface area contributed by atoms with E-state index in [1.807, 2.05) is 6.07 Å². The van der Waals surface area contributed by atoms with Crippen molar-refractivity contribution in [2.45, 2.75) is 6.42 Å². The molecule has 0 radical (unpaired) electrons. The highest BCUT2D eigenvalue weighted by molar-refractivity contribution is 5.97. The Labute approximate surface area is 156 Å². The van der Waals surface area contributed by atoms with E-state index in [1.165, 1.54) is 0 Å². The van der Waals surface area contributed by atoms with Gasteiger partial charge in [-0.1, -0.05) is 0 Å². The predicted molar refractivity (Wildman–Crippen MR) is 102 cm³/mol. The molecule has 1 fully saturated rings. The van der Waals surface area contributed by atoms with Gasteiger partial charge in [-0.2, -0.15) is 9.61 Å². The molecule has 0 bridgehead atoms. The number of piperazine rings is 1. The van der Waals surface area contributed by atoms with Gasteiger partial charge in [-0.15, -0.1) is 0 Å². The minimum Gasteiger partial charge on any atom is -0.476 e. The number of hydrogen-bond donors (Lipinski definition) is 2. The van der Waals surface area contributed by atoms with E-state index in [4.69, 9.17) is 0 Å². The highest BCUT2D eigenvalue weighted by Crippen LogP contribution is 2.22. The molecule has 3 aromatic heterocycles. The van der Waals surface area contributed by atoms with E-state index in [0.29, 0.717) is 11.5 Å². The summed E-state index contributed by atoms with van der Waals surface area (Å²) in [5.74, 6) is -0.508. The maximum Gasteiger partial charge on any atom is 0.356 e. The lowest BCUT2D eigenvalue weighted by Crippen LogP contribution is -2.44. The minimum absolute atomic E-state index is 0.00589. The number of carboxylic acids is 1. The first-order valence-electron chi connectivity index (χ1n) is 9.13. The Balaban J connectivity index is 1.51. The van der Waals surface area contributed by atoms with Gasteiger partial charge in [0.2, 0.25) is 5.95 Å². The summed E-state index contributed by atoms with van der Waals surface area (Å²) in [4.78, 5) is 24.9. The molecule has 9 heteroatoms. The van der Waals surface area contributed by atoms with Gasteiger partial charge in [-0.3, -0.25) is 4.98 Å². The predicted octanol–water partition coefficient (Wildman–Crippen LogP) is 1.03. The molecule has 4 rings (SSSR count). The highest BCUT2D eigenvalue weighted by Gasteiger charge is 2.16. The second kappa shape index (κ2) is 7.45. The summed E-state index contributed by atoms with van der Waals surface area (Å²) < 4.78 is 1.56. The number of aromatic nitrogens is 4. The molecule has 1 aliphatic heterocycles. The zero-order chi connectivity index (χ0) is 18.8. The molecular weight excluding hydrogens is 346 g/mol. The van der Waals surface area contributed by atoms with E-state index in [-0.39, 0.29) is 5.69 Å². The van der Waals surface area contributed by atoms with Crippen LogP contribution in [-0.2, 0) is 0 Å². The van der Waals surface area contributed by atoms with E-state index in [9.17, 15) is 9.90 Å². The number of fused-ring (bicyclic) bond motifs is 3. The van der Waals surface area contributed by atoms with Crippen LogP contribution in [0, 0.1) is 0 Å². The normalized spacial score (nSPS) is 16.2. The maximum absolute atomic E-state index is 11.3. The van der Waals surface area contributed by atoms with E-state index < -0.39 is 5.97 Å². The Kier molecular flexibility index (Phi) is 4.87. The van der Waals surface area contributed by atoms with Crippen LogP contribution in [0.5, 0.6) is 0 Å². The van der Waals surface area contributed by atoms with E-state index in [2.05, 4.69) is 37.2 Å². The van der Waals surface area contributed by atoms with E-state index >= 15 is 0 Å². The van der Waals surface area contributed by atoms with Crippen molar-refractivity contribution >= 4 is 28.3 Å². The number of aromatic carboxylic acids is 1. The molecule has 0 unspecified atom stereocenters. The summed E-state index contributed by atoms with van der Waals surface area (Å²) in [5, 5.41) is 17.6. The average molecular weight is 369 g/mol. The lowest BCUT2D eigenvalue weighted by molar-refractivity contribution is 0.0690. The fraction of sp³-hybridized carbons (Fsp3) is 0.444. The Bertz CT molecular complexity index is 963. The van der Waals surface area contributed by atoms with Crippen LogP contribution < -0.4 is 5.32 Å². The Morgan fingerprint density at radius 2 is 2.11 bits per heavy atom. The van der Waals surface area contributed by atoms with Crippen molar-refractivity contribution < 1.29 is 9.90 Å². The van der Waals surface area contributed by atoms with Crippen molar-refractivity contribution in [2.75, 3.05) is 51.6 Å². The molecule has 3 aromatic rings. The molecule has 1 aliphatic rings. The summed E-state index contributed by atoms with van der Waals surface area (Å²) in [6.45, 7) is 6.19. The molecule has 0 atom stereocenters. The molecule has 4 heterocycles. The first-order valence-corrected chi connectivity index (χ1v) is 9.13. The van der Waals surface area contributed by atoms with Crippen molar-refractivity contribution in [1.29, 1.82) is 0 Å². The van der Waals surface area contributed by atoms with Crippen LogP contribution in [0.4, 0.5) is 5.95 Å². The fourth-order valence-corrected chi connectivity index (χ4v) is 3.37. The van der Waals surface area contributed by atoms with Crippen molar-refractivity contribution in [3.05, 3.63) is 30.2 Å². The molecule has 0 amide bonds. The van der Waals surface area contributed by atoms with Crippen molar-refractivity contribution in [1.82, 2.24) is 29.4 Å². The fourth-order valence-electron chi connectivity index (χ4n) is 3.37. The van der Waals surface area contributed by atoms with Crippen molar-refractivity contribution in [3.8, 4) is 0 Å². The van der Waals surface area contributed by atoms with E-state index in [1.54, 1.807) is 23.0 Å². The third-order valence-corrected chi connectivity index (χ3v) is 4.96. The molecular formula is C18H23N7O2. The Morgan fingerprint density at radius 1 is 1.30 bits per heavy atom. The number of likely N-dealkylation sites (N-methyl/N-ethyl adjacent to an activating group) is 1. The molecule has 2 N–H and O–H groups in total. The quantitative estimate of drug-likeness (QED) is 0.622. The number of nitrogens with zero attached hydrogens (tertiary/aromatic N) is 6. The number of carboxylic acid groups (broad SMARTS) is 1. The van der Waals surface area contributed by atoms with Crippen LogP contribution in [0.25, 0.3) is 16.4 Å². The summed E-state index contributed by atoms with van der Waals surface area (Å²) in [6.07, 6.45) is 4.34. The van der Waals surface area contributed by atoms with Gasteiger partial charge in [0.15, 0.2) is 5.69 Å². The molecule has 1 saturated heterocycles. The maximum atomic E-state index is 11.3. The van der Waals surface area contributed by atoms with Crippen LogP contribution in [-0.4, -0.2) is 86.8 Å². The number of pyridine rings is 1. The van der Waals surface area contributed by atoms with Gasteiger partial charge in [-0.05, 0) is 32.1 Å². The van der Waals surface area contributed by atoms with Gasteiger partial charge in [0.25, 0.3) is 0 Å². The third kappa shape index (κ3) is 3.69. The lowest BCUT2D eigenvalue weighted by Gasteiger charge is -2.32. The summed E-state index contributed by atoms with van der Waals surface area (Å²) in [7, 11) is 2.15. The number of anilines is 1. The monoisotopic (exact) mass is 369 g/mol. The van der Waals surface area contributed by atoms with E-state index in [0.717, 1.165) is 56.6 Å². The Morgan fingerprint density at radius 3 is 2.89 bits per heavy atom. The first kappa shape index (κ1) is 17.6. The molecule has 0 aliphatic carbocycles. The van der Waals surface area contributed by atoms with Crippen molar-refractivity contribution in [3.63, 3.8) is 0 Å². The number of nitrogens with one attached hydrogen (secondary N) is 1. The third-order valence-electron chi connectivity index (χ3n) is 4.96. The lowest BCUT2D eigenvalue weighted by atomic mass is 10.2. The van der Waals surface area contributed by atoms with Crippen LogP contribution in [0.15, 0.2) is 24.5 Å². The second-order valence-electron chi connectivity index (χ2n) is 6.89. The molecule has 0 spiro atoms. The molecule has 9 nitrogen and oxygen atoms in total. The second-order valence-corrected chi connectivity index (χ2v) is 6.89. The zero-order valence-electron chi connectivity index (χ0n) is 15.3. The summed E-state index contributed by atoms with van der Waals surface area (Å²) in [5.41, 5.74) is 1.44. The van der Waals surface area contributed by atoms with Crippen LogP contribution in [0.3, 0.4) is 0 Å². The van der Waals surface area contributed by atoms with Gasteiger partial charge in [0, 0.05) is 50.5 Å². The largest absolute Gasteiger partial charge is 0.476 e. The van der Waals surface area contributed by atoms with Crippen molar-refractivity contribution in [2.24, 2.45) is 0 Å². The van der Waals surface area contributed by atoms with Gasteiger partial charge in [0.05, 0.1) is 11.0 Å². The average Bonchev–Trinajstić information content (AvgIpc) is 3.13. The summed E-state index contributed by atoms with van der Waals surface area (Å²) in [6, 6.07) is 3.38. The summed E-state index contributed by atoms with van der Waals surface area (Å²) >= 11 is 0. The molecule has 27 heavy (non-hydrogen) atoms. The number of carbonyl (C=O) groups is 1. The number of hydrogen-bond acceptors (Lipinski definition) is 7. The van der Waals surface area contributed by atoms with Gasteiger partial charge in [0.1, 0.15) is 0 Å². The van der Waals surface area contributed by atoms with Crippen LogP contribution in [0.1, 0.15) is 16.9 Å². The van der Waals surface area contributed by atoms with Gasteiger partial charge >= 0.3 is 5.97 Å². The zero-order valence-corrected chi connectivity index (χ0v) is 15.3. The highest BCUT2D eigenvalue weighted by atomic mass is 16.4. The van der Waals surface area contributed by atoms with Gasteiger partial charge < -0.3 is 20.2 Å². The molecule has 0 aromatic carbocycles.